The van der Waals surface area contributed by atoms with Crippen molar-refractivity contribution in [1.82, 2.24) is 4.72 Å². The molecule has 1 rings (SSSR count). The minimum atomic E-state index is -4.12. The fourth-order valence-corrected chi connectivity index (χ4v) is 2.15. The van der Waals surface area contributed by atoms with Gasteiger partial charge in [0.15, 0.2) is 11.6 Å². The summed E-state index contributed by atoms with van der Waals surface area (Å²) in [6, 6.07) is 0.846. The van der Waals surface area contributed by atoms with Gasteiger partial charge in [-0.15, -0.1) is 0 Å². The molecule has 0 aliphatic heterocycles. The molecule has 0 radical (unpaired) electrons. The van der Waals surface area contributed by atoms with E-state index in [4.69, 9.17) is 5.11 Å². The Morgan fingerprint density at radius 1 is 1.35 bits per heavy atom. The monoisotopic (exact) mass is 310 g/mol. The topological polar surface area (TPSA) is 105 Å². The van der Waals surface area contributed by atoms with Crippen LogP contribution in [0, 0.1) is 11.6 Å². The van der Waals surface area contributed by atoms with Gasteiger partial charge in [0.05, 0.1) is 17.9 Å². The molecular weight excluding hydrogens is 298 g/mol. The molecule has 112 valence electrons. The van der Waals surface area contributed by atoms with E-state index in [0.29, 0.717) is 12.1 Å². The van der Waals surface area contributed by atoms with Gasteiger partial charge in [0.2, 0.25) is 0 Å². The van der Waals surface area contributed by atoms with Gasteiger partial charge in [-0.2, -0.15) is 13.1 Å². The molecule has 0 aliphatic carbocycles. The van der Waals surface area contributed by atoms with Crippen molar-refractivity contribution in [3.8, 4) is 0 Å². The van der Waals surface area contributed by atoms with E-state index in [1.807, 2.05) is 9.44 Å². The zero-order valence-electron chi connectivity index (χ0n) is 10.3. The highest BCUT2D eigenvalue weighted by molar-refractivity contribution is 7.90. The van der Waals surface area contributed by atoms with Crippen LogP contribution in [0.3, 0.4) is 0 Å². The maximum absolute atomic E-state index is 13.1. The molecule has 0 saturated heterocycles. The summed E-state index contributed by atoms with van der Waals surface area (Å²) in [4.78, 5) is 10.9. The summed E-state index contributed by atoms with van der Waals surface area (Å²) in [7, 11) is -2.76. The molecule has 0 atom stereocenters. The van der Waals surface area contributed by atoms with Crippen LogP contribution in [0.2, 0.25) is 0 Å². The highest BCUT2D eigenvalue weighted by atomic mass is 32.2. The molecule has 0 heterocycles. The van der Waals surface area contributed by atoms with Gasteiger partial charge in [0, 0.05) is 19.7 Å². The minimum absolute atomic E-state index is 0.0715. The van der Waals surface area contributed by atoms with Gasteiger partial charge in [-0.3, -0.25) is 4.72 Å². The largest absolute Gasteiger partial charge is 0.478 e. The molecule has 0 bridgehead atoms. The zero-order chi connectivity index (χ0) is 15.3. The van der Waals surface area contributed by atoms with E-state index in [9.17, 15) is 22.0 Å². The van der Waals surface area contributed by atoms with E-state index in [1.54, 1.807) is 0 Å². The van der Waals surface area contributed by atoms with Crippen LogP contribution in [-0.2, 0) is 14.9 Å². The van der Waals surface area contributed by atoms with Crippen molar-refractivity contribution in [1.29, 1.82) is 0 Å². The summed E-state index contributed by atoms with van der Waals surface area (Å²) >= 11 is 0. The van der Waals surface area contributed by atoms with Crippen LogP contribution < -0.4 is 9.44 Å². The molecule has 1 aromatic carbocycles. The molecule has 1 aromatic rings. The third-order valence-electron chi connectivity index (χ3n) is 2.13. The summed E-state index contributed by atoms with van der Waals surface area (Å²) in [5.74, 6) is -4.36. The Morgan fingerprint density at radius 3 is 2.50 bits per heavy atom. The molecule has 10 heteroatoms. The Bertz CT molecular complexity index is 606. The van der Waals surface area contributed by atoms with E-state index >= 15 is 0 Å². The molecule has 0 fully saturated rings. The Morgan fingerprint density at radius 2 is 1.95 bits per heavy atom. The predicted octanol–water partition coefficient (Wildman–Crippen LogP) is 0.556. The lowest BCUT2D eigenvalue weighted by Crippen LogP contribution is -2.33. The van der Waals surface area contributed by atoms with Crippen molar-refractivity contribution in [3.63, 3.8) is 0 Å². The lowest BCUT2D eigenvalue weighted by molar-refractivity contribution is 0.0697. The van der Waals surface area contributed by atoms with Crippen LogP contribution in [0.5, 0.6) is 0 Å². The van der Waals surface area contributed by atoms with Gasteiger partial charge in [-0.25, -0.2) is 13.6 Å². The molecule has 0 aliphatic rings. The number of rotatable bonds is 7. The van der Waals surface area contributed by atoms with Crippen molar-refractivity contribution in [2.75, 3.05) is 25.0 Å². The molecule has 20 heavy (non-hydrogen) atoms. The van der Waals surface area contributed by atoms with Crippen molar-refractivity contribution in [2.24, 2.45) is 0 Å². The number of hydrogen-bond acceptors (Lipinski definition) is 4. The lowest BCUT2D eigenvalue weighted by Gasteiger charge is -2.11. The van der Waals surface area contributed by atoms with Gasteiger partial charge in [-0.1, -0.05) is 0 Å². The molecule has 0 spiro atoms. The first kappa shape index (κ1) is 16.3. The summed E-state index contributed by atoms with van der Waals surface area (Å²) in [6.45, 7) is 0.0163. The number of carbonyl (C=O) groups is 1. The van der Waals surface area contributed by atoms with Gasteiger partial charge in [-0.05, 0) is 6.07 Å². The molecular formula is C10H12F2N2O5S. The first-order chi connectivity index (χ1) is 9.26. The standard InChI is InChI=1S/C10H12F2N2O5S/c1-19-3-2-13-20(17,18)14-9-5-8(12)7(11)4-6(9)10(15)16/h4-5,13-14H,2-3H2,1H3,(H,15,16). The summed E-state index contributed by atoms with van der Waals surface area (Å²) < 4.78 is 57.6. The fourth-order valence-electron chi connectivity index (χ4n) is 1.27. The molecule has 0 amide bonds. The Balaban J connectivity index is 3.02. The van der Waals surface area contributed by atoms with Crippen molar-refractivity contribution >= 4 is 21.9 Å². The number of carboxylic acids is 1. The van der Waals surface area contributed by atoms with Gasteiger partial charge in [0.25, 0.3) is 10.2 Å². The number of halogens is 2. The number of nitrogens with one attached hydrogen (secondary N) is 2. The summed E-state index contributed by atoms with van der Waals surface area (Å²) in [5, 5.41) is 8.83. The number of carboxylic acid groups (broad SMARTS) is 1. The maximum Gasteiger partial charge on any atom is 0.337 e. The van der Waals surface area contributed by atoms with Crippen LogP contribution in [0.1, 0.15) is 10.4 Å². The second-order valence-electron chi connectivity index (χ2n) is 3.61. The highest BCUT2D eigenvalue weighted by Crippen LogP contribution is 2.21. The van der Waals surface area contributed by atoms with Crippen molar-refractivity contribution < 1.29 is 31.8 Å². The minimum Gasteiger partial charge on any atom is -0.478 e. The smallest absolute Gasteiger partial charge is 0.337 e. The first-order valence-electron chi connectivity index (χ1n) is 5.25. The van der Waals surface area contributed by atoms with Crippen molar-refractivity contribution in [3.05, 3.63) is 29.3 Å². The van der Waals surface area contributed by atoms with Gasteiger partial charge >= 0.3 is 5.97 Å². The highest BCUT2D eigenvalue weighted by Gasteiger charge is 2.19. The molecule has 0 aromatic heterocycles. The lowest BCUT2D eigenvalue weighted by atomic mass is 10.2. The summed E-state index contributed by atoms with van der Waals surface area (Å²) in [6.07, 6.45) is 0. The van der Waals surface area contributed by atoms with Gasteiger partial charge < -0.3 is 9.84 Å². The van der Waals surface area contributed by atoms with Crippen molar-refractivity contribution in [2.45, 2.75) is 0 Å². The number of aromatic carboxylic acids is 1. The SMILES string of the molecule is COCCNS(=O)(=O)Nc1cc(F)c(F)cc1C(=O)O. The summed E-state index contributed by atoms with van der Waals surface area (Å²) in [5.41, 5.74) is -1.29. The number of hydrogen-bond donors (Lipinski definition) is 3. The Kier molecular flexibility index (Phi) is 5.36. The third-order valence-corrected chi connectivity index (χ3v) is 3.21. The number of ether oxygens (including phenoxy) is 1. The Hall–Kier alpha value is -1.78. The second kappa shape index (κ2) is 6.59. The molecule has 7 nitrogen and oxygen atoms in total. The number of benzene rings is 1. The third kappa shape index (κ3) is 4.40. The van der Waals surface area contributed by atoms with E-state index in [1.165, 1.54) is 7.11 Å². The van der Waals surface area contributed by atoms with Gasteiger partial charge in [0.1, 0.15) is 0 Å². The first-order valence-corrected chi connectivity index (χ1v) is 6.74. The molecule has 3 N–H and O–H groups in total. The Labute approximate surface area is 113 Å². The van der Waals surface area contributed by atoms with E-state index in [2.05, 4.69) is 4.74 Å². The van der Waals surface area contributed by atoms with Crippen LogP contribution in [-0.4, -0.2) is 39.8 Å². The average molecular weight is 310 g/mol. The van der Waals surface area contributed by atoms with Crippen LogP contribution in [0.15, 0.2) is 12.1 Å². The predicted molar refractivity (Wildman–Crippen MR) is 65.7 cm³/mol. The molecule has 0 unspecified atom stereocenters. The van der Waals surface area contributed by atoms with E-state index < -0.39 is 39.1 Å². The normalized spacial score (nSPS) is 11.3. The maximum atomic E-state index is 13.1. The van der Waals surface area contributed by atoms with E-state index in [0.717, 1.165) is 0 Å². The second-order valence-corrected chi connectivity index (χ2v) is 5.11. The number of anilines is 1. The fraction of sp³-hybridized carbons (Fsp3) is 0.300. The van der Waals surface area contributed by atoms with Crippen LogP contribution >= 0.6 is 0 Å². The number of methoxy groups -OCH3 is 1. The van der Waals surface area contributed by atoms with Crippen LogP contribution in [0.25, 0.3) is 0 Å². The molecule has 0 saturated carbocycles. The van der Waals surface area contributed by atoms with E-state index in [-0.39, 0.29) is 13.2 Å². The zero-order valence-corrected chi connectivity index (χ0v) is 11.1. The van der Waals surface area contributed by atoms with Crippen LogP contribution in [0.4, 0.5) is 14.5 Å². The average Bonchev–Trinajstić information content (AvgIpc) is 2.33. The quantitative estimate of drug-likeness (QED) is 0.638.